The minimum atomic E-state index is -3.91. The molecule has 2 heterocycles. The summed E-state index contributed by atoms with van der Waals surface area (Å²) in [5, 5.41) is 12.3. The van der Waals surface area contributed by atoms with Crippen LogP contribution in [-0.2, 0) is 19.6 Å². The van der Waals surface area contributed by atoms with Crippen molar-refractivity contribution in [2.45, 2.75) is 36.6 Å². The summed E-state index contributed by atoms with van der Waals surface area (Å²) in [4.78, 5) is 23.6. The molecule has 0 aromatic heterocycles. The normalized spacial score (nSPS) is 20.3. The molecule has 0 bridgehead atoms. The van der Waals surface area contributed by atoms with Crippen LogP contribution in [-0.4, -0.2) is 62.1 Å². The van der Waals surface area contributed by atoms with Crippen LogP contribution in [0.3, 0.4) is 0 Å². The number of sulfonamides is 1. The summed E-state index contributed by atoms with van der Waals surface area (Å²) in [5.41, 5.74) is -0.239. The Balaban J connectivity index is 1.63. The zero-order chi connectivity index (χ0) is 19.4. The van der Waals surface area contributed by atoms with Crippen molar-refractivity contribution in [3.63, 3.8) is 0 Å². The number of piperidine rings is 1. The van der Waals surface area contributed by atoms with Gasteiger partial charge in [0.1, 0.15) is 0 Å². The van der Waals surface area contributed by atoms with Gasteiger partial charge in [-0.25, -0.2) is 13.2 Å². The number of rotatable bonds is 5. The molecule has 2 fully saturated rings. The second kappa shape index (κ2) is 8.37. The summed E-state index contributed by atoms with van der Waals surface area (Å²) in [6.45, 7) is 1.68. The molecule has 2 N–H and O–H groups in total. The Morgan fingerprint density at radius 2 is 1.70 bits per heavy atom. The van der Waals surface area contributed by atoms with E-state index in [0.717, 1.165) is 12.8 Å². The van der Waals surface area contributed by atoms with Gasteiger partial charge in [-0.3, -0.25) is 4.79 Å². The number of benzene rings is 1. The summed E-state index contributed by atoms with van der Waals surface area (Å²) >= 11 is 0. The van der Waals surface area contributed by atoms with Crippen LogP contribution in [0.5, 0.6) is 0 Å². The Labute approximate surface area is 158 Å². The number of aromatic carboxylic acids is 1. The highest BCUT2D eigenvalue weighted by molar-refractivity contribution is 7.89. The minimum absolute atomic E-state index is 0.0371. The molecule has 1 amide bonds. The number of carbonyl (C=O) groups excluding carboxylic acids is 1. The number of carboxylic acids is 1. The highest BCUT2D eigenvalue weighted by Crippen LogP contribution is 2.26. The van der Waals surface area contributed by atoms with Gasteiger partial charge in [-0.15, -0.1) is 0 Å². The number of nitrogens with zero attached hydrogens (tertiary/aromatic N) is 1. The smallest absolute Gasteiger partial charge is 0.337 e. The number of carbonyl (C=O) groups is 2. The van der Waals surface area contributed by atoms with Crippen LogP contribution in [0.25, 0.3) is 0 Å². The molecular formula is C18H24N2O6S. The molecular weight excluding hydrogens is 372 g/mol. The first-order valence-corrected chi connectivity index (χ1v) is 10.5. The van der Waals surface area contributed by atoms with Gasteiger partial charge in [0.05, 0.1) is 10.5 Å². The Bertz CT molecular complexity index is 796. The van der Waals surface area contributed by atoms with Crippen molar-refractivity contribution < 1.29 is 27.9 Å². The molecule has 8 nitrogen and oxygen atoms in total. The monoisotopic (exact) mass is 396 g/mol. The molecule has 2 aliphatic rings. The highest BCUT2D eigenvalue weighted by atomic mass is 32.2. The van der Waals surface area contributed by atoms with E-state index < -0.39 is 16.0 Å². The van der Waals surface area contributed by atoms with Crippen LogP contribution in [0.2, 0.25) is 0 Å². The van der Waals surface area contributed by atoms with Crippen LogP contribution in [0.1, 0.15) is 36.0 Å². The lowest BCUT2D eigenvalue weighted by Gasteiger charge is -2.32. The first-order valence-electron chi connectivity index (χ1n) is 9.10. The molecule has 0 saturated carbocycles. The number of carboxylic acid groups (broad SMARTS) is 1. The van der Waals surface area contributed by atoms with Crippen molar-refractivity contribution in [3.05, 3.63) is 29.8 Å². The maximum atomic E-state index is 12.9. The predicted octanol–water partition coefficient (Wildman–Crippen LogP) is 1.08. The van der Waals surface area contributed by atoms with Gasteiger partial charge in [0.2, 0.25) is 15.9 Å². The molecule has 1 aromatic carbocycles. The van der Waals surface area contributed by atoms with Gasteiger partial charge in [0.25, 0.3) is 0 Å². The van der Waals surface area contributed by atoms with E-state index in [-0.39, 0.29) is 41.4 Å². The number of amides is 1. The van der Waals surface area contributed by atoms with Gasteiger partial charge in [-0.2, -0.15) is 4.31 Å². The molecule has 1 aromatic rings. The number of nitrogens with one attached hydrogen (secondary N) is 1. The summed E-state index contributed by atoms with van der Waals surface area (Å²) in [6, 6.07) is 5.71. The quantitative estimate of drug-likeness (QED) is 0.770. The number of hydrogen-bond acceptors (Lipinski definition) is 5. The summed E-state index contributed by atoms with van der Waals surface area (Å²) in [5.74, 6) is -1.54. The van der Waals surface area contributed by atoms with Gasteiger partial charge in [0.15, 0.2) is 0 Å². The molecule has 3 rings (SSSR count). The lowest BCUT2D eigenvalue weighted by atomic mass is 9.96. The second-order valence-electron chi connectivity index (χ2n) is 6.87. The number of hydrogen-bond donors (Lipinski definition) is 2. The first-order chi connectivity index (χ1) is 12.9. The average Bonchev–Trinajstić information content (AvgIpc) is 2.69. The molecule has 0 unspecified atom stereocenters. The third-order valence-electron chi connectivity index (χ3n) is 5.13. The molecule has 0 aliphatic carbocycles. The molecule has 0 radical (unpaired) electrons. The van der Waals surface area contributed by atoms with E-state index in [4.69, 9.17) is 4.74 Å². The molecule has 148 valence electrons. The van der Waals surface area contributed by atoms with Crippen LogP contribution in [0.4, 0.5) is 0 Å². The maximum Gasteiger partial charge on any atom is 0.337 e. The Hall–Kier alpha value is -1.97. The van der Waals surface area contributed by atoms with Gasteiger partial charge in [-0.05, 0) is 37.8 Å². The first kappa shape index (κ1) is 19.8. The van der Waals surface area contributed by atoms with E-state index in [2.05, 4.69) is 5.32 Å². The van der Waals surface area contributed by atoms with Crippen molar-refractivity contribution in [1.82, 2.24) is 9.62 Å². The topological polar surface area (TPSA) is 113 Å². The lowest BCUT2D eigenvalue weighted by Crippen LogP contribution is -2.46. The van der Waals surface area contributed by atoms with Crippen LogP contribution >= 0.6 is 0 Å². The third kappa shape index (κ3) is 4.48. The molecule has 27 heavy (non-hydrogen) atoms. The van der Waals surface area contributed by atoms with Gasteiger partial charge >= 0.3 is 5.97 Å². The highest BCUT2D eigenvalue weighted by Gasteiger charge is 2.34. The predicted molar refractivity (Wildman–Crippen MR) is 96.9 cm³/mol. The zero-order valence-electron chi connectivity index (χ0n) is 15.0. The Morgan fingerprint density at radius 1 is 1.07 bits per heavy atom. The average molecular weight is 396 g/mol. The van der Waals surface area contributed by atoms with Crippen molar-refractivity contribution in [2.75, 3.05) is 26.3 Å². The van der Waals surface area contributed by atoms with E-state index in [9.17, 15) is 23.1 Å². The summed E-state index contributed by atoms with van der Waals surface area (Å²) in [6.07, 6.45) is 2.43. The van der Waals surface area contributed by atoms with E-state index in [1.54, 1.807) is 0 Å². The molecule has 0 atom stereocenters. The summed E-state index contributed by atoms with van der Waals surface area (Å²) < 4.78 is 32.3. The van der Waals surface area contributed by atoms with Crippen LogP contribution in [0, 0.1) is 5.92 Å². The van der Waals surface area contributed by atoms with Crippen LogP contribution < -0.4 is 5.32 Å². The van der Waals surface area contributed by atoms with E-state index in [1.807, 2.05) is 0 Å². The molecule has 0 spiro atoms. The fraction of sp³-hybridized carbons (Fsp3) is 0.556. The van der Waals surface area contributed by atoms with Gasteiger partial charge in [0, 0.05) is 38.3 Å². The van der Waals surface area contributed by atoms with Crippen molar-refractivity contribution in [3.8, 4) is 0 Å². The molecule has 2 saturated heterocycles. The fourth-order valence-corrected chi connectivity index (χ4v) is 5.18. The van der Waals surface area contributed by atoms with Gasteiger partial charge in [-0.1, -0.05) is 12.1 Å². The van der Waals surface area contributed by atoms with Crippen molar-refractivity contribution >= 4 is 21.9 Å². The Kier molecular flexibility index (Phi) is 6.13. The second-order valence-corrected chi connectivity index (χ2v) is 8.78. The maximum absolute atomic E-state index is 12.9. The van der Waals surface area contributed by atoms with E-state index >= 15 is 0 Å². The summed E-state index contributed by atoms with van der Waals surface area (Å²) in [7, 11) is -3.91. The largest absolute Gasteiger partial charge is 0.478 e. The van der Waals surface area contributed by atoms with Crippen molar-refractivity contribution in [2.24, 2.45) is 5.92 Å². The van der Waals surface area contributed by atoms with E-state index in [1.165, 1.54) is 28.6 Å². The Morgan fingerprint density at radius 3 is 2.33 bits per heavy atom. The third-order valence-corrected chi connectivity index (χ3v) is 7.08. The SMILES string of the molecule is O=C(O)c1ccccc1S(=O)(=O)N1CCC(C(=O)NC2CCOCC2)CC1. The number of ether oxygens (including phenoxy) is 1. The van der Waals surface area contributed by atoms with Crippen LogP contribution in [0.15, 0.2) is 29.2 Å². The minimum Gasteiger partial charge on any atom is -0.478 e. The van der Waals surface area contributed by atoms with Crippen molar-refractivity contribution in [1.29, 1.82) is 0 Å². The van der Waals surface area contributed by atoms with E-state index in [0.29, 0.717) is 26.1 Å². The molecule has 9 heteroatoms. The van der Waals surface area contributed by atoms with Gasteiger partial charge < -0.3 is 15.2 Å². The fourth-order valence-electron chi connectivity index (χ4n) is 3.53. The molecule has 2 aliphatic heterocycles. The standard InChI is InChI=1S/C18H24N2O6S/c21-17(19-14-7-11-26-12-8-14)13-5-9-20(10-6-13)27(24,25)16-4-2-1-3-15(16)18(22)23/h1-4,13-14H,5-12H2,(H,19,21)(H,22,23). The zero-order valence-corrected chi connectivity index (χ0v) is 15.8. The lowest BCUT2D eigenvalue weighted by molar-refractivity contribution is -0.127.